The Hall–Kier alpha value is -2.47. The zero-order valence-electron chi connectivity index (χ0n) is 16.1. The molecular formula is C22H22F2N2OS. The highest BCUT2D eigenvalue weighted by Crippen LogP contribution is 2.28. The minimum atomic E-state index is -0.568. The predicted octanol–water partition coefficient (Wildman–Crippen LogP) is 6.53. The number of thioether (sulfide) groups is 1. The van der Waals surface area contributed by atoms with E-state index in [9.17, 15) is 8.78 Å². The fraction of sp³-hybridized carbons (Fsp3) is 0.273. The minimum Gasteiger partial charge on any atom is -0.439 e. The summed E-state index contributed by atoms with van der Waals surface area (Å²) >= 11 is 1.18. The fourth-order valence-electron chi connectivity index (χ4n) is 2.61. The van der Waals surface area contributed by atoms with Gasteiger partial charge in [-0.1, -0.05) is 50.7 Å². The van der Waals surface area contributed by atoms with Gasteiger partial charge in [-0.2, -0.15) is 4.98 Å². The lowest BCUT2D eigenvalue weighted by Crippen LogP contribution is -1.99. The maximum atomic E-state index is 13.8. The van der Waals surface area contributed by atoms with Crippen LogP contribution in [-0.2, 0) is 12.2 Å². The Bertz CT molecular complexity index is 943. The molecule has 0 fully saturated rings. The van der Waals surface area contributed by atoms with Crippen LogP contribution in [0, 0.1) is 11.6 Å². The van der Waals surface area contributed by atoms with Gasteiger partial charge in [-0.15, -0.1) is 0 Å². The Kier molecular flexibility index (Phi) is 6.62. The molecule has 0 aliphatic carbocycles. The van der Waals surface area contributed by atoms with Gasteiger partial charge < -0.3 is 4.74 Å². The molecule has 0 unspecified atom stereocenters. The Balaban J connectivity index is 1.81. The fourth-order valence-corrected chi connectivity index (χ4v) is 3.50. The first kappa shape index (κ1) is 20.3. The number of aryl methyl sites for hydroxylation is 1. The standard InChI is InChI=1S/C22H22F2N2OS/c1-4-16-12-21(27-17-8-5-7-15(11-17)14(2)3)26-22(25-16)28-13-18-19(23)9-6-10-20(18)24/h5-12,14H,4,13H2,1-3H3. The van der Waals surface area contributed by atoms with Crippen LogP contribution < -0.4 is 4.74 Å². The van der Waals surface area contributed by atoms with Gasteiger partial charge in [0.2, 0.25) is 5.88 Å². The molecule has 0 aliphatic rings. The Morgan fingerprint density at radius 3 is 2.39 bits per heavy atom. The summed E-state index contributed by atoms with van der Waals surface area (Å²) in [6.45, 7) is 6.22. The van der Waals surface area contributed by atoms with E-state index in [1.165, 1.54) is 35.5 Å². The molecule has 146 valence electrons. The highest BCUT2D eigenvalue weighted by atomic mass is 32.2. The molecule has 0 aliphatic heterocycles. The third kappa shape index (κ3) is 5.07. The molecule has 6 heteroatoms. The lowest BCUT2D eigenvalue weighted by atomic mass is 10.0. The molecule has 3 rings (SSSR count). The maximum Gasteiger partial charge on any atom is 0.223 e. The van der Waals surface area contributed by atoms with Crippen molar-refractivity contribution in [2.75, 3.05) is 0 Å². The molecule has 1 aromatic heterocycles. The summed E-state index contributed by atoms with van der Waals surface area (Å²) in [4.78, 5) is 8.85. The minimum absolute atomic E-state index is 0.0186. The molecule has 0 spiro atoms. The molecule has 0 N–H and O–H groups in total. The molecule has 2 aromatic carbocycles. The van der Waals surface area contributed by atoms with E-state index in [1.807, 2.05) is 25.1 Å². The van der Waals surface area contributed by atoms with Crippen LogP contribution >= 0.6 is 11.8 Å². The van der Waals surface area contributed by atoms with Gasteiger partial charge in [0.05, 0.1) is 0 Å². The van der Waals surface area contributed by atoms with Crippen molar-refractivity contribution in [3.8, 4) is 11.6 Å². The number of benzene rings is 2. The molecule has 1 heterocycles. The van der Waals surface area contributed by atoms with E-state index in [4.69, 9.17) is 4.74 Å². The second-order valence-electron chi connectivity index (χ2n) is 6.65. The molecule has 0 bridgehead atoms. The van der Waals surface area contributed by atoms with Crippen LogP contribution in [0.25, 0.3) is 0 Å². The molecule has 28 heavy (non-hydrogen) atoms. The maximum absolute atomic E-state index is 13.8. The summed E-state index contributed by atoms with van der Waals surface area (Å²) in [7, 11) is 0. The normalized spacial score (nSPS) is 11.1. The largest absolute Gasteiger partial charge is 0.439 e. The van der Waals surface area contributed by atoms with Gasteiger partial charge in [0.15, 0.2) is 5.16 Å². The van der Waals surface area contributed by atoms with Gasteiger partial charge in [-0.25, -0.2) is 13.8 Å². The molecule has 0 saturated heterocycles. The summed E-state index contributed by atoms with van der Waals surface area (Å²) in [5.74, 6) is 0.477. The van der Waals surface area contributed by atoms with Crippen LogP contribution in [0.5, 0.6) is 11.6 Å². The third-order valence-corrected chi connectivity index (χ3v) is 5.13. The van der Waals surface area contributed by atoms with Gasteiger partial charge in [-0.3, -0.25) is 0 Å². The van der Waals surface area contributed by atoms with E-state index in [-0.39, 0.29) is 11.3 Å². The average Bonchev–Trinajstić information content (AvgIpc) is 2.67. The van der Waals surface area contributed by atoms with Crippen molar-refractivity contribution in [3.63, 3.8) is 0 Å². The number of hydrogen-bond acceptors (Lipinski definition) is 4. The average molecular weight is 400 g/mol. The molecule has 0 amide bonds. The number of hydrogen-bond donors (Lipinski definition) is 0. The molecule has 3 nitrogen and oxygen atoms in total. The summed E-state index contributed by atoms with van der Waals surface area (Å²) < 4.78 is 33.6. The van der Waals surface area contributed by atoms with Gasteiger partial charge in [0.25, 0.3) is 0 Å². The van der Waals surface area contributed by atoms with Crippen molar-refractivity contribution < 1.29 is 13.5 Å². The Labute approximate surface area is 168 Å². The monoisotopic (exact) mass is 400 g/mol. The summed E-state index contributed by atoms with van der Waals surface area (Å²) in [6.07, 6.45) is 0.701. The van der Waals surface area contributed by atoms with Crippen molar-refractivity contribution in [1.82, 2.24) is 9.97 Å². The van der Waals surface area contributed by atoms with Crippen molar-refractivity contribution in [3.05, 3.63) is 77.0 Å². The number of ether oxygens (including phenoxy) is 1. The van der Waals surface area contributed by atoms with Crippen LogP contribution in [0.3, 0.4) is 0 Å². The lowest BCUT2D eigenvalue weighted by molar-refractivity contribution is 0.453. The zero-order valence-corrected chi connectivity index (χ0v) is 16.9. The first-order valence-electron chi connectivity index (χ1n) is 9.17. The van der Waals surface area contributed by atoms with Crippen LogP contribution in [0.1, 0.15) is 43.5 Å². The number of nitrogens with zero attached hydrogens (tertiary/aromatic N) is 2. The van der Waals surface area contributed by atoms with Crippen LogP contribution in [0.15, 0.2) is 53.7 Å². The second kappa shape index (κ2) is 9.15. The first-order chi connectivity index (χ1) is 13.5. The van der Waals surface area contributed by atoms with E-state index in [1.54, 1.807) is 6.07 Å². The Morgan fingerprint density at radius 2 is 1.71 bits per heavy atom. The van der Waals surface area contributed by atoms with Gasteiger partial charge in [0, 0.05) is 23.1 Å². The van der Waals surface area contributed by atoms with Gasteiger partial charge in [-0.05, 0) is 42.2 Å². The van der Waals surface area contributed by atoms with Crippen LogP contribution in [0.4, 0.5) is 8.78 Å². The van der Waals surface area contributed by atoms with Crippen molar-refractivity contribution in [2.45, 2.75) is 44.0 Å². The van der Waals surface area contributed by atoms with E-state index in [0.717, 1.165) is 5.69 Å². The number of halogens is 2. The highest BCUT2D eigenvalue weighted by molar-refractivity contribution is 7.98. The molecule has 3 aromatic rings. The second-order valence-corrected chi connectivity index (χ2v) is 7.59. The lowest BCUT2D eigenvalue weighted by Gasteiger charge is -2.11. The van der Waals surface area contributed by atoms with Gasteiger partial charge >= 0.3 is 0 Å². The van der Waals surface area contributed by atoms with Gasteiger partial charge in [0.1, 0.15) is 17.4 Å². The molecule has 0 saturated carbocycles. The van der Waals surface area contributed by atoms with E-state index >= 15 is 0 Å². The van der Waals surface area contributed by atoms with E-state index in [0.29, 0.717) is 29.1 Å². The van der Waals surface area contributed by atoms with Crippen LogP contribution in [0.2, 0.25) is 0 Å². The van der Waals surface area contributed by atoms with E-state index in [2.05, 4.69) is 29.9 Å². The van der Waals surface area contributed by atoms with Crippen molar-refractivity contribution in [2.24, 2.45) is 0 Å². The summed E-state index contributed by atoms with van der Waals surface area (Å²) in [6, 6.07) is 13.5. The zero-order chi connectivity index (χ0) is 20.1. The predicted molar refractivity (Wildman–Crippen MR) is 108 cm³/mol. The summed E-state index contributed by atoms with van der Waals surface area (Å²) in [5.41, 5.74) is 2.00. The van der Waals surface area contributed by atoms with Crippen molar-refractivity contribution >= 4 is 11.8 Å². The van der Waals surface area contributed by atoms with E-state index < -0.39 is 11.6 Å². The SMILES string of the molecule is CCc1cc(Oc2cccc(C(C)C)c2)nc(SCc2c(F)cccc2F)n1. The first-order valence-corrected chi connectivity index (χ1v) is 10.2. The highest BCUT2D eigenvalue weighted by Gasteiger charge is 2.12. The van der Waals surface area contributed by atoms with Crippen molar-refractivity contribution in [1.29, 1.82) is 0 Å². The Morgan fingerprint density at radius 1 is 1.00 bits per heavy atom. The molecular weight excluding hydrogens is 378 g/mol. The molecule has 0 radical (unpaired) electrons. The smallest absolute Gasteiger partial charge is 0.223 e. The quantitative estimate of drug-likeness (QED) is 0.334. The summed E-state index contributed by atoms with van der Waals surface area (Å²) in [5, 5.41) is 0.428. The topological polar surface area (TPSA) is 35.0 Å². The third-order valence-electron chi connectivity index (χ3n) is 4.25. The number of aromatic nitrogens is 2. The van der Waals surface area contributed by atoms with Crippen LogP contribution in [-0.4, -0.2) is 9.97 Å². The molecule has 0 atom stereocenters. The number of rotatable bonds is 7.